The number of hydrogen-bond acceptors (Lipinski definition) is 2. The minimum atomic E-state index is -0.525. The summed E-state index contributed by atoms with van der Waals surface area (Å²) in [5.74, 6) is -0.608. The highest BCUT2D eigenvalue weighted by Crippen LogP contribution is 2.16. The number of ether oxygens (including phenoxy) is 1. The van der Waals surface area contributed by atoms with Crippen LogP contribution in [0, 0.1) is 11.6 Å². The van der Waals surface area contributed by atoms with Crippen LogP contribution in [-0.4, -0.2) is 6.29 Å². The molecule has 0 saturated carbocycles. The second-order valence-electron chi connectivity index (χ2n) is 3.71. The van der Waals surface area contributed by atoms with Gasteiger partial charge in [0, 0.05) is 11.1 Å². The summed E-state index contributed by atoms with van der Waals surface area (Å²) in [5.41, 5.74) is 0.596. The van der Waals surface area contributed by atoms with Gasteiger partial charge in [0.15, 0.2) is 0 Å². The van der Waals surface area contributed by atoms with Gasteiger partial charge in [-0.15, -0.1) is 0 Å². The fourth-order valence-electron chi connectivity index (χ4n) is 1.49. The predicted octanol–water partition coefficient (Wildman–Crippen LogP) is 3.36. The second-order valence-corrected chi connectivity index (χ2v) is 3.71. The highest BCUT2D eigenvalue weighted by molar-refractivity contribution is 5.75. The Morgan fingerprint density at radius 1 is 1.11 bits per heavy atom. The molecule has 2 nitrogen and oxygen atoms in total. The molecular weight excluding hydrogens is 238 g/mol. The maximum absolute atomic E-state index is 13.3. The molecule has 2 aromatic rings. The van der Waals surface area contributed by atoms with Crippen molar-refractivity contribution in [3.8, 4) is 5.75 Å². The van der Waals surface area contributed by atoms with Gasteiger partial charge in [-0.05, 0) is 30.3 Å². The normalized spacial score (nSPS) is 10.1. The van der Waals surface area contributed by atoms with Crippen LogP contribution in [0.2, 0.25) is 0 Å². The van der Waals surface area contributed by atoms with Crippen molar-refractivity contribution in [2.75, 3.05) is 0 Å². The zero-order valence-electron chi connectivity index (χ0n) is 9.40. The van der Waals surface area contributed by atoms with Crippen LogP contribution in [-0.2, 0) is 6.61 Å². The first-order valence-corrected chi connectivity index (χ1v) is 5.31. The van der Waals surface area contributed by atoms with Gasteiger partial charge in [0.05, 0.1) is 0 Å². The summed E-state index contributed by atoms with van der Waals surface area (Å²) in [6.07, 6.45) is 0.690. The molecule has 0 spiro atoms. The highest BCUT2D eigenvalue weighted by Gasteiger charge is 2.05. The van der Waals surface area contributed by atoms with Gasteiger partial charge in [0.25, 0.3) is 0 Å². The number of carbonyl (C=O) groups is 1. The molecule has 0 bridgehead atoms. The standard InChI is InChI=1S/C14H10F2O2/c15-12-4-5-14(16)11(7-12)9-18-13-3-1-2-10(6-13)8-17/h1-8H,9H2. The molecule has 0 fully saturated rings. The maximum atomic E-state index is 13.3. The van der Waals surface area contributed by atoms with Crippen LogP contribution in [0.3, 0.4) is 0 Å². The maximum Gasteiger partial charge on any atom is 0.150 e. The van der Waals surface area contributed by atoms with Crippen LogP contribution in [0.4, 0.5) is 8.78 Å². The molecule has 0 aliphatic heterocycles. The molecule has 0 saturated heterocycles. The first kappa shape index (κ1) is 12.2. The minimum absolute atomic E-state index is 0.0914. The van der Waals surface area contributed by atoms with Crippen molar-refractivity contribution in [2.24, 2.45) is 0 Å². The van der Waals surface area contributed by atoms with Crippen molar-refractivity contribution in [1.82, 2.24) is 0 Å². The van der Waals surface area contributed by atoms with Crippen molar-refractivity contribution >= 4 is 6.29 Å². The van der Waals surface area contributed by atoms with E-state index in [0.717, 1.165) is 18.2 Å². The number of hydrogen-bond donors (Lipinski definition) is 0. The Bertz CT molecular complexity index is 567. The SMILES string of the molecule is O=Cc1cccc(OCc2cc(F)ccc2F)c1. The monoisotopic (exact) mass is 248 g/mol. The van der Waals surface area contributed by atoms with E-state index in [9.17, 15) is 13.6 Å². The molecule has 2 aromatic carbocycles. The van der Waals surface area contributed by atoms with E-state index in [1.165, 1.54) is 6.07 Å². The van der Waals surface area contributed by atoms with E-state index in [4.69, 9.17) is 4.74 Å². The zero-order chi connectivity index (χ0) is 13.0. The molecule has 0 unspecified atom stereocenters. The highest BCUT2D eigenvalue weighted by atomic mass is 19.1. The van der Waals surface area contributed by atoms with E-state index in [-0.39, 0.29) is 12.2 Å². The average molecular weight is 248 g/mol. The molecule has 18 heavy (non-hydrogen) atoms. The predicted molar refractivity (Wildman–Crippen MR) is 62.5 cm³/mol. The molecule has 0 N–H and O–H groups in total. The summed E-state index contributed by atoms with van der Waals surface area (Å²) in [7, 11) is 0. The summed E-state index contributed by atoms with van der Waals surface area (Å²) < 4.78 is 31.5. The van der Waals surface area contributed by atoms with Crippen LogP contribution < -0.4 is 4.74 Å². The van der Waals surface area contributed by atoms with E-state index < -0.39 is 11.6 Å². The molecule has 0 aliphatic carbocycles. The molecule has 0 heterocycles. The van der Waals surface area contributed by atoms with Crippen molar-refractivity contribution in [2.45, 2.75) is 6.61 Å². The smallest absolute Gasteiger partial charge is 0.150 e. The molecule has 2 rings (SSSR count). The van der Waals surface area contributed by atoms with Crippen molar-refractivity contribution in [1.29, 1.82) is 0 Å². The van der Waals surface area contributed by atoms with Gasteiger partial charge in [-0.1, -0.05) is 12.1 Å². The molecule has 0 amide bonds. The van der Waals surface area contributed by atoms with E-state index in [2.05, 4.69) is 0 Å². The Labute approximate surface area is 103 Å². The van der Waals surface area contributed by atoms with Crippen LogP contribution >= 0.6 is 0 Å². The van der Waals surface area contributed by atoms with Crippen LogP contribution in [0.1, 0.15) is 15.9 Å². The Balaban J connectivity index is 2.11. The quantitative estimate of drug-likeness (QED) is 0.775. The lowest BCUT2D eigenvalue weighted by Gasteiger charge is -2.07. The van der Waals surface area contributed by atoms with Gasteiger partial charge >= 0.3 is 0 Å². The molecule has 92 valence electrons. The lowest BCUT2D eigenvalue weighted by atomic mass is 10.2. The molecular formula is C14H10F2O2. The molecule has 4 heteroatoms. The van der Waals surface area contributed by atoms with Gasteiger partial charge < -0.3 is 4.74 Å². The first-order chi connectivity index (χ1) is 8.69. The van der Waals surface area contributed by atoms with E-state index in [1.807, 2.05) is 0 Å². The Morgan fingerprint density at radius 2 is 1.94 bits per heavy atom. The van der Waals surface area contributed by atoms with E-state index in [1.54, 1.807) is 18.2 Å². The van der Waals surface area contributed by atoms with E-state index in [0.29, 0.717) is 17.6 Å². The third kappa shape index (κ3) is 2.91. The lowest BCUT2D eigenvalue weighted by molar-refractivity contribution is 0.112. The number of benzene rings is 2. The van der Waals surface area contributed by atoms with Crippen molar-refractivity contribution in [3.05, 3.63) is 65.2 Å². The summed E-state index contributed by atoms with van der Waals surface area (Å²) in [4.78, 5) is 10.6. The summed E-state index contributed by atoms with van der Waals surface area (Å²) in [6, 6.07) is 9.64. The third-order valence-corrected chi connectivity index (χ3v) is 2.40. The van der Waals surface area contributed by atoms with Gasteiger partial charge in [0.2, 0.25) is 0 Å². The zero-order valence-corrected chi connectivity index (χ0v) is 9.40. The first-order valence-electron chi connectivity index (χ1n) is 5.31. The summed E-state index contributed by atoms with van der Waals surface area (Å²) in [5, 5.41) is 0. The summed E-state index contributed by atoms with van der Waals surface area (Å²) in [6.45, 7) is -0.0914. The van der Waals surface area contributed by atoms with Gasteiger partial charge in [-0.2, -0.15) is 0 Å². The number of aldehydes is 1. The third-order valence-electron chi connectivity index (χ3n) is 2.40. The number of rotatable bonds is 4. The molecule has 0 radical (unpaired) electrons. The lowest BCUT2D eigenvalue weighted by Crippen LogP contribution is -1.99. The van der Waals surface area contributed by atoms with Gasteiger partial charge in [-0.25, -0.2) is 8.78 Å². The molecule has 0 atom stereocenters. The van der Waals surface area contributed by atoms with Crippen molar-refractivity contribution < 1.29 is 18.3 Å². The number of halogens is 2. The minimum Gasteiger partial charge on any atom is -0.489 e. The van der Waals surface area contributed by atoms with E-state index >= 15 is 0 Å². The second kappa shape index (κ2) is 5.40. The average Bonchev–Trinajstić information content (AvgIpc) is 2.40. The summed E-state index contributed by atoms with van der Waals surface area (Å²) >= 11 is 0. The molecule has 0 aliphatic rings. The van der Waals surface area contributed by atoms with Crippen molar-refractivity contribution in [3.63, 3.8) is 0 Å². The van der Waals surface area contributed by atoms with Crippen LogP contribution in [0.5, 0.6) is 5.75 Å². The topological polar surface area (TPSA) is 26.3 Å². The van der Waals surface area contributed by atoms with Gasteiger partial charge in [0.1, 0.15) is 30.3 Å². The largest absolute Gasteiger partial charge is 0.489 e. The van der Waals surface area contributed by atoms with Gasteiger partial charge in [-0.3, -0.25) is 4.79 Å². The molecule has 0 aromatic heterocycles. The Hall–Kier alpha value is -2.23. The number of carbonyl (C=O) groups excluding carboxylic acids is 1. The fourth-order valence-corrected chi connectivity index (χ4v) is 1.49. The fraction of sp³-hybridized carbons (Fsp3) is 0.0714. The Kier molecular flexibility index (Phi) is 3.67. The van der Waals surface area contributed by atoms with Crippen LogP contribution in [0.25, 0.3) is 0 Å². The van der Waals surface area contributed by atoms with Crippen LogP contribution in [0.15, 0.2) is 42.5 Å². The Morgan fingerprint density at radius 3 is 2.72 bits per heavy atom.